The Balaban J connectivity index is 2.51. The summed E-state index contributed by atoms with van der Waals surface area (Å²) < 4.78 is 0. The van der Waals surface area contributed by atoms with Crippen LogP contribution >= 0.6 is 0 Å². The minimum absolute atomic E-state index is 0.749. The second-order valence-corrected chi connectivity index (χ2v) is 4.06. The molecule has 0 bridgehead atoms. The van der Waals surface area contributed by atoms with Gasteiger partial charge in [-0.3, -0.25) is 0 Å². The van der Waals surface area contributed by atoms with Crippen molar-refractivity contribution in [2.24, 2.45) is 11.3 Å². The SMILES string of the molecule is CCC1(CC)CCC(C)C1. The minimum atomic E-state index is 0.749. The molecule has 1 fully saturated rings. The average molecular weight is 140 g/mol. The van der Waals surface area contributed by atoms with Crippen LogP contribution in [0.3, 0.4) is 0 Å². The summed E-state index contributed by atoms with van der Waals surface area (Å²) in [5.41, 5.74) is 0.749. The van der Waals surface area contributed by atoms with Gasteiger partial charge in [0.1, 0.15) is 0 Å². The smallest absolute Gasteiger partial charge is 0.0300 e. The van der Waals surface area contributed by atoms with E-state index < -0.39 is 0 Å². The first-order valence-corrected chi connectivity index (χ1v) is 4.72. The predicted octanol–water partition coefficient (Wildman–Crippen LogP) is 3.61. The van der Waals surface area contributed by atoms with E-state index in [1.54, 1.807) is 0 Å². The molecule has 0 radical (unpaired) electrons. The van der Waals surface area contributed by atoms with Crippen molar-refractivity contribution < 1.29 is 0 Å². The van der Waals surface area contributed by atoms with Crippen molar-refractivity contribution in [1.82, 2.24) is 0 Å². The molecule has 0 heteroatoms. The van der Waals surface area contributed by atoms with Crippen LogP contribution in [0.4, 0.5) is 0 Å². The first-order chi connectivity index (χ1) is 4.72. The second-order valence-electron chi connectivity index (χ2n) is 4.06. The minimum Gasteiger partial charge on any atom is -0.0649 e. The molecule has 0 spiro atoms. The van der Waals surface area contributed by atoms with Crippen LogP contribution in [0.25, 0.3) is 0 Å². The molecule has 1 saturated carbocycles. The van der Waals surface area contributed by atoms with Crippen molar-refractivity contribution in [3.05, 3.63) is 0 Å². The molecule has 0 aromatic rings. The molecule has 1 aliphatic carbocycles. The van der Waals surface area contributed by atoms with Gasteiger partial charge in [0.15, 0.2) is 0 Å². The van der Waals surface area contributed by atoms with E-state index in [0.717, 1.165) is 11.3 Å². The Morgan fingerprint density at radius 3 is 2.10 bits per heavy atom. The zero-order valence-electron chi connectivity index (χ0n) is 7.61. The quantitative estimate of drug-likeness (QED) is 0.549. The van der Waals surface area contributed by atoms with Gasteiger partial charge in [0.25, 0.3) is 0 Å². The molecule has 1 atom stereocenters. The summed E-state index contributed by atoms with van der Waals surface area (Å²) in [5.74, 6) is 1.000. The Kier molecular flexibility index (Phi) is 2.38. The molecular formula is C10H20. The lowest BCUT2D eigenvalue weighted by Crippen LogP contribution is -2.13. The third kappa shape index (κ3) is 1.36. The Labute approximate surface area is 65.0 Å². The largest absolute Gasteiger partial charge is 0.0649 e. The Morgan fingerprint density at radius 2 is 1.90 bits per heavy atom. The lowest BCUT2D eigenvalue weighted by molar-refractivity contribution is 0.263. The first-order valence-electron chi connectivity index (χ1n) is 4.72. The first kappa shape index (κ1) is 8.10. The van der Waals surface area contributed by atoms with Gasteiger partial charge in [0.2, 0.25) is 0 Å². The van der Waals surface area contributed by atoms with Crippen molar-refractivity contribution in [3.8, 4) is 0 Å². The Hall–Kier alpha value is 0. The number of rotatable bonds is 2. The molecule has 0 aliphatic heterocycles. The summed E-state index contributed by atoms with van der Waals surface area (Å²) in [4.78, 5) is 0. The van der Waals surface area contributed by atoms with Crippen molar-refractivity contribution in [2.45, 2.75) is 52.9 Å². The van der Waals surface area contributed by atoms with E-state index in [9.17, 15) is 0 Å². The molecule has 0 aromatic heterocycles. The predicted molar refractivity (Wildman–Crippen MR) is 46.0 cm³/mol. The molecule has 1 unspecified atom stereocenters. The molecule has 0 N–H and O–H groups in total. The van der Waals surface area contributed by atoms with Gasteiger partial charge in [0, 0.05) is 0 Å². The van der Waals surface area contributed by atoms with E-state index in [4.69, 9.17) is 0 Å². The normalized spacial score (nSPS) is 30.9. The Morgan fingerprint density at radius 1 is 1.30 bits per heavy atom. The van der Waals surface area contributed by atoms with Gasteiger partial charge in [-0.15, -0.1) is 0 Å². The van der Waals surface area contributed by atoms with Crippen LogP contribution in [0, 0.1) is 11.3 Å². The molecule has 1 aliphatic rings. The van der Waals surface area contributed by atoms with Crippen LogP contribution in [-0.2, 0) is 0 Å². The van der Waals surface area contributed by atoms with Gasteiger partial charge in [-0.05, 0) is 24.2 Å². The van der Waals surface area contributed by atoms with E-state index in [1.807, 2.05) is 0 Å². The summed E-state index contributed by atoms with van der Waals surface area (Å²) >= 11 is 0. The average Bonchev–Trinajstić information content (AvgIpc) is 2.33. The van der Waals surface area contributed by atoms with Gasteiger partial charge in [-0.2, -0.15) is 0 Å². The molecule has 60 valence electrons. The van der Waals surface area contributed by atoms with Crippen LogP contribution in [-0.4, -0.2) is 0 Å². The van der Waals surface area contributed by atoms with Crippen LogP contribution < -0.4 is 0 Å². The summed E-state index contributed by atoms with van der Waals surface area (Å²) in [7, 11) is 0. The maximum atomic E-state index is 2.40. The molecule has 1 rings (SSSR count). The molecule has 0 saturated heterocycles. The lowest BCUT2D eigenvalue weighted by Gasteiger charge is -2.25. The summed E-state index contributed by atoms with van der Waals surface area (Å²) in [5, 5.41) is 0. The summed E-state index contributed by atoms with van der Waals surface area (Å²) in [6, 6.07) is 0. The highest BCUT2D eigenvalue weighted by molar-refractivity contribution is 4.85. The van der Waals surface area contributed by atoms with Crippen molar-refractivity contribution in [1.29, 1.82) is 0 Å². The fourth-order valence-electron chi connectivity index (χ4n) is 2.39. The molecule has 10 heavy (non-hydrogen) atoms. The molecular weight excluding hydrogens is 120 g/mol. The van der Waals surface area contributed by atoms with Crippen LogP contribution in [0.2, 0.25) is 0 Å². The third-order valence-electron chi connectivity index (χ3n) is 3.45. The van der Waals surface area contributed by atoms with Crippen LogP contribution in [0.15, 0.2) is 0 Å². The summed E-state index contributed by atoms with van der Waals surface area (Å²) in [6.07, 6.45) is 7.24. The fraction of sp³-hybridized carbons (Fsp3) is 1.00. The number of hydrogen-bond donors (Lipinski definition) is 0. The number of hydrogen-bond acceptors (Lipinski definition) is 0. The molecule has 0 heterocycles. The second kappa shape index (κ2) is 2.94. The van der Waals surface area contributed by atoms with E-state index in [-0.39, 0.29) is 0 Å². The topological polar surface area (TPSA) is 0 Å². The lowest BCUT2D eigenvalue weighted by atomic mass is 9.80. The van der Waals surface area contributed by atoms with Crippen molar-refractivity contribution in [3.63, 3.8) is 0 Å². The van der Waals surface area contributed by atoms with Gasteiger partial charge >= 0.3 is 0 Å². The van der Waals surface area contributed by atoms with E-state index in [1.165, 1.54) is 32.1 Å². The van der Waals surface area contributed by atoms with E-state index in [2.05, 4.69) is 20.8 Å². The summed E-state index contributed by atoms with van der Waals surface area (Å²) in [6.45, 7) is 7.09. The highest BCUT2D eigenvalue weighted by Crippen LogP contribution is 2.46. The molecule has 0 nitrogen and oxygen atoms in total. The van der Waals surface area contributed by atoms with Gasteiger partial charge in [-0.1, -0.05) is 40.0 Å². The fourth-order valence-corrected chi connectivity index (χ4v) is 2.39. The monoisotopic (exact) mass is 140 g/mol. The maximum Gasteiger partial charge on any atom is -0.0300 e. The van der Waals surface area contributed by atoms with Gasteiger partial charge in [-0.25, -0.2) is 0 Å². The van der Waals surface area contributed by atoms with Crippen LogP contribution in [0.5, 0.6) is 0 Å². The standard InChI is InChI=1S/C10H20/c1-4-10(5-2)7-6-9(3)8-10/h9H,4-8H2,1-3H3. The third-order valence-corrected chi connectivity index (χ3v) is 3.45. The maximum absolute atomic E-state index is 2.40. The van der Waals surface area contributed by atoms with Gasteiger partial charge in [0.05, 0.1) is 0 Å². The van der Waals surface area contributed by atoms with E-state index >= 15 is 0 Å². The molecule has 0 amide bonds. The van der Waals surface area contributed by atoms with Crippen molar-refractivity contribution in [2.75, 3.05) is 0 Å². The van der Waals surface area contributed by atoms with Gasteiger partial charge < -0.3 is 0 Å². The highest BCUT2D eigenvalue weighted by Gasteiger charge is 2.33. The van der Waals surface area contributed by atoms with Crippen LogP contribution in [0.1, 0.15) is 52.9 Å². The Bertz CT molecular complexity index is 101. The molecule has 0 aromatic carbocycles. The highest BCUT2D eigenvalue weighted by atomic mass is 14.4. The van der Waals surface area contributed by atoms with Crippen molar-refractivity contribution >= 4 is 0 Å². The zero-order chi connectivity index (χ0) is 7.61. The zero-order valence-corrected chi connectivity index (χ0v) is 7.61. The van der Waals surface area contributed by atoms with E-state index in [0.29, 0.717) is 0 Å².